The molecule has 84 valence electrons. The van der Waals surface area contributed by atoms with Crippen LogP contribution in [0.25, 0.3) is 0 Å². The zero-order chi connectivity index (χ0) is 11.5. The highest BCUT2D eigenvalue weighted by atomic mass is 79.9. The third kappa shape index (κ3) is 2.01. The van der Waals surface area contributed by atoms with Crippen molar-refractivity contribution in [2.45, 2.75) is 19.5 Å². The Morgan fingerprint density at radius 3 is 2.94 bits per heavy atom. The van der Waals surface area contributed by atoms with Crippen LogP contribution in [0, 0.1) is 0 Å². The monoisotopic (exact) mass is 280 g/mol. The lowest BCUT2D eigenvalue weighted by molar-refractivity contribution is 0.595. The standard InChI is InChI=1S/C11H13BrN4/c1-2-16-11(8(12)7-15-16)10(13)9-5-3-4-6-14-9/h3-7,10H,2,13H2,1H3. The molecule has 16 heavy (non-hydrogen) atoms. The molecule has 0 aliphatic rings. The molecule has 0 amide bonds. The fraction of sp³-hybridized carbons (Fsp3) is 0.273. The maximum Gasteiger partial charge on any atom is 0.0908 e. The average molecular weight is 281 g/mol. The summed E-state index contributed by atoms with van der Waals surface area (Å²) >= 11 is 3.46. The molecule has 0 saturated carbocycles. The van der Waals surface area contributed by atoms with Gasteiger partial charge in [0.25, 0.3) is 0 Å². The van der Waals surface area contributed by atoms with Gasteiger partial charge in [-0.1, -0.05) is 6.07 Å². The second-order valence-electron chi connectivity index (χ2n) is 3.43. The van der Waals surface area contributed by atoms with Gasteiger partial charge < -0.3 is 5.73 Å². The van der Waals surface area contributed by atoms with E-state index in [4.69, 9.17) is 5.73 Å². The van der Waals surface area contributed by atoms with Crippen LogP contribution in [0.5, 0.6) is 0 Å². The van der Waals surface area contributed by atoms with Crippen LogP contribution in [0.1, 0.15) is 24.4 Å². The molecule has 2 aromatic heterocycles. The summed E-state index contributed by atoms with van der Waals surface area (Å²) < 4.78 is 2.80. The molecule has 0 aliphatic heterocycles. The fourth-order valence-electron chi connectivity index (χ4n) is 1.63. The van der Waals surface area contributed by atoms with Gasteiger partial charge >= 0.3 is 0 Å². The molecule has 0 spiro atoms. The van der Waals surface area contributed by atoms with E-state index in [1.54, 1.807) is 12.4 Å². The van der Waals surface area contributed by atoms with E-state index in [-0.39, 0.29) is 6.04 Å². The van der Waals surface area contributed by atoms with Crippen molar-refractivity contribution in [2.24, 2.45) is 5.73 Å². The van der Waals surface area contributed by atoms with Gasteiger partial charge in [-0.25, -0.2) is 0 Å². The Hall–Kier alpha value is -1.20. The molecule has 0 saturated heterocycles. The van der Waals surface area contributed by atoms with Gasteiger partial charge in [-0.05, 0) is 35.0 Å². The van der Waals surface area contributed by atoms with Gasteiger partial charge in [0, 0.05) is 12.7 Å². The third-order valence-electron chi connectivity index (χ3n) is 2.43. The van der Waals surface area contributed by atoms with Crippen molar-refractivity contribution in [3.8, 4) is 0 Å². The van der Waals surface area contributed by atoms with E-state index in [0.29, 0.717) is 0 Å². The molecular formula is C11H13BrN4. The Kier molecular flexibility index (Phi) is 3.36. The van der Waals surface area contributed by atoms with Crippen LogP contribution >= 0.6 is 15.9 Å². The van der Waals surface area contributed by atoms with E-state index in [1.165, 1.54) is 0 Å². The molecule has 0 aromatic carbocycles. The second-order valence-corrected chi connectivity index (χ2v) is 4.28. The Balaban J connectivity index is 2.41. The van der Waals surface area contributed by atoms with Gasteiger partial charge in [0.05, 0.1) is 28.1 Å². The van der Waals surface area contributed by atoms with Crippen molar-refractivity contribution in [2.75, 3.05) is 0 Å². The largest absolute Gasteiger partial charge is 0.318 e. The van der Waals surface area contributed by atoms with Crippen LogP contribution in [0.15, 0.2) is 35.1 Å². The number of rotatable bonds is 3. The summed E-state index contributed by atoms with van der Waals surface area (Å²) in [6, 6.07) is 5.48. The maximum absolute atomic E-state index is 6.18. The molecule has 1 unspecified atom stereocenters. The summed E-state index contributed by atoms with van der Waals surface area (Å²) in [5, 5.41) is 4.24. The molecular weight excluding hydrogens is 268 g/mol. The predicted molar refractivity (Wildman–Crippen MR) is 65.9 cm³/mol. The quantitative estimate of drug-likeness (QED) is 0.937. The number of hydrogen-bond donors (Lipinski definition) is 1. The minimum Gasteiger partial charge on any atom is -0.318 e. The highest BCUT2D eigenvalue weighted by molar-refractivity contribution is 9.10. The van der Waals surface area contributed by atoms with Crippen molar-refractivity contribution >= 4 is 15.9 Å². The summed E-state index contributed by atoms with van der Waals surface area (Å²) in [6.45, 7) is 2.83. The van der Waals surface area contributed by atoms with E-state index in [2.05, 4.69) is 26.0 Å². The Morgan fingerprint density at radius 1 is 1.50 bits per heavy atom. The number of nitrogens with two attached hydrogens (primary N) is 1. The Morgan fingerprint density at radius 2 is 2.31 bits per heavy atom. The number of pyridine rings is 1. The Labute approximate surface area is 103 Å². The van der Waals surface area contributed by atoms with E-state index in [9.17, 15) is 0 Å². The van der Waals surface area contributed by atoms with Crippen molar-refractivity contribution in [1.29, 1.82) is 0 Å². The molecule has 1 atom stereocenters. The first kappa shape index (κ1) is 11.3. The average Bonchev–Trinajstić information content (AvgIpc) is 2.70. The van der Waals surface area contributed by atoms with E-state index in [1.807, 2.05) is 29.8 Å². The highest BCUT2D eigenvalue weighted by Gasteiger charge is 2.18. The topological polar surface area (TPSA) is 56.7 Å². The summed E-state index contributed by atoms with van der Waals surface area (Å²) in [4.78, 5) is 4.26. The number of aryl methyl sites for hydroxylation is 1. The molecule has 0 bridgehead atoms. The molecule has 2 aromatic rings. The van der Waals surface area contributed by atoms with Gasteiger partial charge in [0.1, 0.15) is 0 Å². The molecule has 2 rings (SSSR count). The number of nitrogens with zero attached hydrogens (tertiary/aromatic N) is 3. The molecule has 5 heteroatoms. The third-order valence-corrected chi connectivity index (χ3v) is 3.04. The molecule has 2 heterocycles. The van der Waals surface area contributed by atoms with Crippen LogP contribution < -0.4 is 5.73 Å². The van der Waals surface area contributed by atoms with Gasteiger partial charge in [-0.2, -0.15) is 5.10 Å². The lowest BCUT2D eigenvalue weighted by atomic mass is 10.1. The second kappa shape index (κ2) is 4.76. The van der Waals surface area contributed by atoms with E-state index in [0.717, 1.165) is 22.4 Å². The molecule has 2 N–H and O–H groups in total. The normalized spacial score (nSPS) is 12.7. The SMILES string of the molecule is CCn1ncc(Br)c1C(N)c1ccccn1. The molecule has 4 nitrogen and oxygen atoms in total. The van der Waals surface area contributed by atoms with Crippen LogP contribution in [0.3, 0.4) is 0 Å². The number of aromatic nitrogens is 3. The summed E-state index contributed by atoms with van der Waals surface area (Å²) in [6.07, 6.45) is 3.51. The van der Waals surface area contributed by atoms with Crippen LogP contribution in [-0.4, -0.2) is 14.8 Å². The van der Waals surface area contributed by atoms with Crippen LogP contribution in [0.4, 0.5) is 0 Å². The van der Waals surface area contributed by atoms with Crippen molar-refractivity contribution in [3.05, 3.63) is 46.5 Å². The minimum atomic E-state index is -0.252. The van der Waals surface area contributed by atoms with E-state index >= 15 is 0 Å². The fourth-order valence-corrected chi connectivity index (χ4v) is 2.18. The Bertz CT molecular complexity index is 466. The lowest BCUT2D eigenvalue weighted by Gasteiger charge is -2.13. The van der Waals surface area contributed by atoms with Crippen LogP contribution in [0.2, 0.25) is 0 Å². The summed E-state index contributed by atoms with van der Waals surface area (Å²) in [5.41, 5.74) is 7.99. The first-order chi connectivity index (χ1) is 7.74. The smallest absolute Gasteiger partial charge is 0.0908 e. The first-order valence-corrected chi connectivity index (χ1v) is 5.91. The lowest BCUT2D eigenvalue weighted by Crippen LogP contribution is -2.18. The first-order valence-electron chi connectivity index (χ1n) is 5.11. The maximum atomic E-state index is 6.18. The summed E-state index contributed by atoms with van der Waals surface area (Å²) in [5.74, 6) is 0. The van der Waals surface area contributed by atoms with Crippen LogP contribution in [-0.2, 0) is 6.54 Å². The summed E-state index contributed by atoms with van der Waals surface area (Å²) in [7, 11) is 0. The van der Waals surface area contributed by atoms with Crippen molar-refractivity contribution < 1.29 is 0 Å². The van der Waals surface area contributed by atoms with Gasteiger partial charge in [-0.3, -0.25) is 9.67 Å². The van der Waals surface area contributed by atoms with E-state index < -0.39 is 0 Å². The van der Waals surface area contributed by atoms with Gasteiger partial charge in [0.2, 0.25) is 0 Å². The zero-order valence-electron chi connectivity index (χ0n) is 8.97. The molecule has 0 radical (unpaired) electrons. The van der Waals surface area contributed by atoms with Crippen molar-refractivity contribution in [1.82, 2.24) is 14.8 Å². The zero-order valence-corrected chi connectivity index (χ0v) is 10.6. The van der Waals surface area contributed by atoms with Gasteiger partial charge in [0.15, 0.2) is 0 Å². The highest BCUT2D eigenvalue weighted by Crippen LogP contribution is 2.25. The molecule has 0 fully saturated rings. The number of halogens is 1. The number of hydrogen-bond acceptors (Lipinski definition) is 3. The predicted octanol–water partition coefficient (Wildman–Crippen LogP) is 2.11. The van der Waals surface area contributed by atoms with Crippen molar-refractivity contribution in [3.63, 3.8) is 0 Å². The van der Waals surface area contributed by atoms with Gasteiger partial charge in [-0.15, -0.1) is 0 Å². The minimum absolute atomic E-state index is 0.252. The molecule has 0 aliphatic carbocycles.